The summed E-state index contributed by atoms with van der Waals surface area (Å²) in [4.78, 5) is 12.0. The minimum Gasteiger partial charge on any atom is -0.370 e. The van der Waals surface area contributed by atoms with Crippen molar-refractivity contribution < 1.29 is 4.39 Å². The first kappa shape index (κ1) is 19.3. The minimum atomic E-state index is -0.549. The lowest BCUT2D eigenvalue weighted by atomic mass is 10.1. The summed E-state index contributed by atoms with van der Waals surface area (Å²) in [6, 6.07) is 16.7. The third kappa shape index (κ3) is 3.42. The Labute approximate surface area is 180 Å². The van der Waals surface area contributed by atoms with Crippen LogP contribution in [0, 0.1) is 24.1 Å². The third-order valence-corrected chi connectivity index (χ3v) is 5.86. The summed E-state index contributed by atoms with van der Waals surface area (Å²) < 4.78 is 16.4. The molecule has 5 nitrogen and oxygen atoms in total. The van der Waals surface area contributed by atoms with Crippen molar-refractivity contribution in [2.75, 3.05) is 18.0 Å². The summed E-state index contributed by atoms with van der Waals surface area (Å²) >= 11 is 0. The number of rotatable bonds is 3. The van der Waals surface area contributed by atoms with Crippen molar-refractivity contribution in [2.24, 2.45) is 0 Å². The van der Waals surface area contributed by atoms with Crippen LogP contribution in [0.3, 0.4) is 0 Å². The monoisotopic (exact) mass is 411 g/mol. The summed E-state index contributed by atoms with van der Waals surface area (Å²) in [5.74, 6) is 0.0610. The van der Waals surface area contributed by atoms with Gasteiger partial charge in [0.25, 0.3) is 0 Å². The zero-order valence-electron chi connectivity index (χ0n) is 17.3. The second kappa shape index (κ2) is 7.84. The summed E-state index contributed by atoms with van der Waals surface area (Å²) in [5.41, 5.74) is 5.31. The van der Waals surface area contributed by atoms with Crippen LogP contribution in [-0.2, 0) is 0 Å². The zero-order valence-corrected chi connectivity index (χ0v) is 17.3. The quantitative estimate of drug-likeness (QED) is 0.453. The highest BCUT2D eigenvalue weighted by Crippen LogP contribution is 2.34. The average Bonchev–Trinajstić information content (AvgIpc) is 3.20. The number of anilines is 1. The Kier molecular flexibility index (Phi) is 4.87. The van der Waals surface area contributed by atoms with Crippen LogP contribution >= 0.6 is 0 Å². The van der Waals surface area contributed by atoms with E-state index >= 15 is 0 Å². The fraction of sp³-hybridized carbons (Fsp3) is 0.240. The molecular weight excluding hydrogens is 389 g/mol. The van der Waals surface area contributed by atoms with Crippen molar-refractivity contribution in [3.05, 3.63) is 71.7 Å². The molecule has 5 rings (SSSR count). The Morgan fingerprint density at radius 3 is 2.48 bits per heavy atom. The molecule has 6 heteroatoms. The van der Waals surface area contributed by atoms with Crippen LogP contribution < -0.4 is 4.90 Å². The molecule has 1 fully saturated rings. The van der Waals surface area contributed by atoms with Crippen LogP contribution in [0.2, 0.25) is 0 Å². The van der Waals surface area contributed by atoms with E-state index in [1.807, 2.05) is 54.1 Å². The van der Waals surface area contributed by atoms with Crippen molar-refractivity contribution in [3.8, 4) is 23.1 Å². The first-order valence-corrected chi connectivity index (χ1v) is 10.5. The molecule has 0 atom stereocenters. The average molecular weight is 411 g/mol. The topological polar surface area (TPSA) is 57.7 Å². The molecule has 0 saturated carbocycles. The van der Waals surface area contributed by atoms with Crippen LogP contribution in [0.4, 0.5) is 10.1 Å². The molecule has 0 spiro atoms. The van der Waals surface area contributed by atoms with Gasteiger partial charge < -0.3 is 4.90 Å². The maximum absolute atomic E-state index is 14.5. The fourth-order valence-corrected chi connectivity index (χ4v) is 4.23. The van der Waals surface area contributed by atoms with Crippen LogP contribution in [0.1, 0.15) is 30.4 Å². The number of imidazole rings is 1. The molecule has 0 bridgehead atoms. The lowest BCUT2D eigenvalue weighted by molar-refractivity contribution is 0.578. The van der Waals surface area contributed by atoms with Gasteiger partial charge in [-0.25, -0.2) is 14.4 Å². The summed E-state index contributed by atoms with van der Waals surface area (Å²) in [5, 5.41) is 9.11. The van der Waals surface area contributed by atoms with Gasteiger partial charge in [-0.3, -0.25) is 4.57 Å². The molecule has 1 aliphatic rings. The number of aromatic nitrogens is 3. The number of benzene rings is 2. The van der Waals surface area contributed by atoms with Gasteiger partial charge >= 0.3 is 0 Å². The summed E-state index contributed by atoms with van der Waals surface area (Å²) in [7, 11) is 0. The molecule has 1 aliphatic heterocycles. The summed E-state index contributed by atoms with van der Waals surface area (Å²) in [6.45, 7) is 4.04. The van der Waals surface area contributed by atoms with E-state index in [1.165, 1.54) is 18.6 Å². The Bertz CT molecular complexity index is 1290. The number of fused-ring (bicyclic) bond motifs is 1. The van der Waals surface area contributed by atoms with E-state index < -0.39 is 5.82 Å². The van der Waals surface area contributed by atoms with Gasteiger partial charge in [-0.05, 0) is 62.6 Å². The Morgan fingerprint density at radius 2 is 1.77 bits per heavy atom. The number of piperidine rings is 1. The number of nitrogens with zero attached hydrogens (tertiary/aromatic N) is 5. The number of aryl methyl sites for hydroxylation is 1. The standard InChI is InChI=1S/C25H22FN5/c1-17-5-9-20(10-6-17)31-24(18-7-8-19(16-27)21(26)15-18)29-23-22(11-12-28-25(23)31)30-13-3-2-4-14-30/h5-12,15H,2-4,13-14H2,1H3. The van der Waals surface area contributed by atoms with Gasteiger partial charge in [0.05, 0.1) is 11.3 Å². The van der Waals surface area contributed by atoms with Crippen molar-refractivity contribution in [1.29, 1.82) is 5.26 Å². The first-order valence-electron chi connectivity index (χ1n) is 10.5. The number of halogens is 1. The molecule has 0 N–H and O–H groups in total. The van der Waals surface area contributed by atoms with Crippen LogP contribution in [0.25, 0.3) is 28.2 Å². The van der Waals surface area contributed by atoms with Crippen LogP contribution in [0.5, 0.6) is 0 Å². The first-order chi connectivity index (χ1) is 15.2. The molecule has 3 heterocycles. The van der Waals surface area contributed by atoms with E-state index in [9.17, 15) is 4.39 Å². The molecule has 4 aromatic rings. The Morgan fingerprint density at radius 1 is 1.00 bits per heavy atom. The highest BCUT2D eigenvalue weighted by atomic mass is 19.1. The van der Waals surface area contributed by atoms with Gasteiger partial charge in [-0.15, -0.1) is 0 Å². The second-order valence-corrected chi connectivity index (χ2v) is 7.96. The molecule has 2 aromatic heterocycles. The largest absolute Gasteiger partial charge is 0.370 e. The number of pyridine rings is 1. The maximum Gasteiger partial charge on any atom is 0.167 e. The molecule has 0 radical (unpaired) electrons. The fourth-order valence-electron chi connectivity index (χ4n) is 4.23. The molecule has 0 amide bonds. The Hall–Kier alpha value is -3.72. The SMILES string of the molecule is Cc1ccc(-n2c(-c3ccc(C#N)c(F)c3)nc3c(N4CCCCC4)ccnc32)cc1. The lowest BCUT2D eigenvalue weighted by Gasteiger charge is -2.28. The zero-order chi connectivity index (χ0) is 21.4. The van der Waals surface area contributed by atoms with Gasteiger partial charge in [0.1, 0.15) is 23.2 Å². The van der Waals surface area contributed by atoms with E-state index in [0.717, 1.165) is 54.0 Å². The molecular formula is C25H22FN5. The molecule has 31 heavy (non-hydrogen) atoms. The number of hydrogen-bond donors (Lipinski definition) is 0. The Balaban J connectivity index is 1.77. The van der Waals surface area contributed by atoms with E-state index in [1.54, 1.807) is 6.07 Å². The van der Waals surface area contributed by atoms with Crippen LogP contribution in [0.15, 0.2) is 54.7 Å². The highest BCUT2D eigenvalue weighted by Gasteiger charge is 2.22. The van der Waals surface area contributed by atoms with Gasteiger partial charge in [0, 0.05) is 30.5 Å². The molecule has 0 aliphatic carbocycles. The van der Waals surface area contributed by atoms with E-state index in [0.29, 0.717) is 11.4 Å². The van der Waals surface area contributed by atoms with Gasteiger partial charge in [-0.1, -0.05) is 17.7 Å². The molecule has 1 saturated heterocycles. The van der Waals surface area contributed by atoms with Gasteiger partial charge in [0.2, 0.25) is 0 Å². The third-order valence-electron chi connectivity index (χ3n) is 5.86. The lowest BCUT2D eigenvalue weighted by Crippen LogP contribution is -2.29. The maximum atomic E-state index is 14.5. The highest BCUT2D eigenvalue weighted by molar-refractivity contribution is 5.90. The van der Waals surface area contributed by atoms with Crippen molar-refractivity contribution in [1.82, 2.24) is 14.5 Å². The van der Waals surface area contributed by atoms with Crippen molar-refractivity contribution in [3.63, 3.8) is 0 Å². The van der Waals surface area contributed by atoms with E-state index in [2.05, 4.69) is 9.88 Å². The smallest absolute Gasteiger partial charge is 0.167 e. The predicted molar refractivity (Wildman–Crippen MR) is 120 cm³/mol. The molecule has 154 valence electrons. The molecule has 0 unspecified atom stereocenters. The van der Waals surface area contributed by atoms with Gasteiger partial charge in [0.15, 0.2) is 5.65 Å². The predicted octanol–water partition coefficient (Wildman–Crippen LogP) is 5.40. The van der Waals surface area contributed by atoms with E-state index in [-0.39, 0.29) is 5.56 Å². The second-order valence-electron chi connectivity index (χ2n) is 7.96. The van der Waals surface area contributed by atoms with Crippen molar-refractivity contribution in [2.45, 2.75) is 26.2 Å². The minimum absolute atomic E-state index is 0.0221. The number of hydrogen-bond acceptors (Lipinski definition) is 4. The number of nitriles is 1. The summed E-state index contributed by atoms with van der Waals surface area (Å²) in [6.07, 6.45) is 5.40. The van der Waals surface area contributed by atoms with E-state index in [4.69, 9.17) is 10.2 Å². The van der Waals surface area contributed by atoms with Gasteiger partial charge in [-0.2, -0.15) is 5.26 Å². The molecule has 2 aromatic carbocycles. The normalized spacial score (nSPS) is 14.0. The van der Waals surface area contributed by atoms with Crippen LogP contribution in [-0.4, -0.2) is 27.6 Å². The van der Waals surface area contributed by atoms with Crippen molar-refractivity contribution >= 4 is 16.9 Å².